The lowest BCUT2D eigenvalue weighted by molar-refractivity contribution is 0.302. The van der Waals surface area contributed by atoms with E-state index in [9.17, 15) is 0 Å². The molecule has 0 radical (unpaired) electrons. The summed E-state index contributed by atoms with van der Waals surface area (Å²) in [5.41, 5.74) is 9.81. The highest BCUT2D eigenvalue weighted by atomic mass is 79.9. The standard InChI is InChI=1S/C18H20BrNO/c1-13-9-15(18(12-20)7-8-18)10-16(19)17(13)21-11-14-5-3-2-4-6-14/h2-6,9-10H,7-8,11-12,20H2,1H3. The average Bonchev–Trinajstić information content (AvgIpc) is 3.28. The largest absolute Gasteiger partial charge is 0.487 e. The summed E-state index contributed by atoms with van der Waals surface area (Å²) in [6.07, 6.45) is 2.39. The maximum Gasteiger partial charge on any atom is 0.136 e. The molecule has 110 valence electrons. The second-order valence-electron chi connectivity index (χ2n) is 5.86. The fourth-order valence-corrected chi connectivity index (χ4v) is 3.38. The van der Waals surface area contributed by atoms with Crippen LogP contribution in [0.3, 0.4) is 0 Å². The second kappa shape index (κ2) is 5.82. The highest BCUT2D eigenvalue weighted by molar-refractivity contribution is 9.10. The fraction of sp³-hybridized carbons (Fsp3) is 0.333. The van der Waals surface area contributed by atoms with Crippen LogP contribution in [0, 0.1) is 6.92 Å². The zero-order valence-electron chi connectivity index (χ0n) is 12.2. The quantitative estimate of drug-likeness (QED) is 0.875. The number of rotatable bonds is 5. The van der Waals surface area contributed by atoms with Crippen molar-refractivity contribution < 1.29 is 4.74 Å². The Labute approximate surface area is 134 Å². The molecule has 1 fully saturated rings. The molecule has 1 aliphatic carbocycles. The second-order valence-corrected chi connectivity index (χ2v) is 6.72. The van der Waals surface area contributed by atoms with Crippen LogP contribution >= 0.6 is 15.9 Å². The monoisotopic (exact) mass is 345 g/mol. The van der Waals surface area contributed by atoms with Gasteiger partial charge in [0.15, 0.2) is 0 Å². The van der Waals surface area contributed by atoms with Crippen LogP contribution in [0.5, 0.6) is 5.75 Å². The molecular weight excluding hydrogens is 326 g/mol. The lowest BCUT2D eigenvalue weighted by Gasteiger charge is -2.18. The molecule has 3 heteroatoms. The van der Waals surface area contributed by atoms with Gasteiger partial charge in [0, 0.05) is 12.0 Å². The van der Waals surface area contributed by atoms with E-state index >= 15 is 0 Å². The number of aryl methyl sites for hydroxylation is 1. The predicted octanol–water partition coefficient (Wildman–Crippen LogP) is 4.33. The van der Waals surface area contributed by atoms with Crippen molar-refractivity contribution in [3.63, 3.8) is 0 Å². The summed E-state index contributed by atoms with van der Waals surface area (Å²) in [5.74, 6) is 0.926. The van der Waals surface area contributed by atoms with Crippen LogP contribution in [0.15, 0.2) is 46.9 Å². The molecule has 2 aromatic rings. The van der Waals surface area contributed by atoms with Crippen molar-refractivity contribution in [3.8, 4) is 5.75 Å². The molecule has 3 rings (SSSR count). The number of ether oxygens (including phenoxy) is 1. The minimum absolute atomic E-state index is 0.214. The topological polar surface area (TPSA) is 35.2 Å². The van der Waals surface area contributed by atoms with Gasteiger partial charge in [-0.2, -0.15) is 0 Å². The Morgan fingerprint density at radius 3 is 2.48 bits per heavy atom. The summed E-state index contributed by atoms with van der Waals surface area (Å²) < 4.78 is 7.02. The molecule has 2 N–H and O–H groups in total. The van der Waals surface area contributed by atoms with Crippen molar-refractivity contribution in [2.24, 2.45) is 5.73 Å². The van der Waals surface area contributed by atoms with Gasteiger partial charge in [0.2, 0.25) is 0 Å². The normalized spacial score (nSPS) is 15.8. The smallest absolute Gasteiger partial charge is 0.136 e. The van der Waals surface area contributed by atoms with Crippen molar-refractivity contribution in [1.82, 2.24) is 0 Å². The predicted molar refractivity (Wildman–Crippen MR) is 89.6 cm³/mol. The number of hydrogen-bond acceptors (Lipinski definition) is 2. The number of hydrogen-bond donors (Lipinski definition) is 1. The SMILES string of the molecule is Cc1cc(C2(CN)CC2)cc(Br)c1OCc1ccccc1. The van der Waals surface area contributed by atoms with Gasteiger partial charge in [0.05, 0.1) is 4.47 Å². The molecule has 0 atom stereocenters. The van der Waals surface area contributed by atoms with E-state index in [0.29, 0.717) is 6.61 Å². The molecule has 0 amide bonds. The molecule has 1 aliphatic rings. The van der Waals surface area contributed by atoms with E-state index in [1.807, 2.05) is 18.2 Å². The van der Waals surface area contributed by atoms with Crippen molar-refractivity contribution in [3.05, 3.63) is 63.6 Å². The number of nitrogens with two attached hydrogens (primary N) is 1. The van der Waals surface area contributed by atoms with Gasteiger partial charge in [-0.05, 0) is 58.5 Å². The molecule has 0 aromatic heterocycles. The van der Waals surface area contributed by atoms with Gasteiger partial charge in [0.25, 0.3) is 0 Å². The van der Waals surface area contributed by atoms with Crippen LogP contribution in [0.2, 0.25) is 0 Å². The maximum absolute atomic E-state index is 6.00. The molecule has 21 heavy (non-hydrogen) atoms. The molecule has 0 heterocycles. The third-order valence-corrected chi connectivity index (χ3v) is 4.90. The van der Waals surface area contributed by atoms with E-state index in [1.54, 1.807) is 0 Å². The van der Waals surface area contributed by atoms with E-state index in [4.69, 9.17) is 10.5 Å². The molecule has 1 saturated carbocycles. The minimum Gasteiger partial charge on any atom is -0.487 e. The third-order valence-electron chi connectivity index (χ3n) is 4.31. The first-order chi connectivity index (χ1) is 10.1. The van der Waals surface area contributed by atoms with Gasteiger partial charge >= 0.3 is 0 Å². The molecule has 2 nitrogen and oxygen atoms in total. The van der Waals surface area contributed by atoms with Gasteiger partial charge in [-0.3, -0.25) is 0 Å². The maximum atomic E-state index is 6.00. The van der Waals surface area contributed by atoms with Crippen LogP contribution < -0.4 is 10.5 Å². The Morgan fingerprint density at radius 1 is 1.19 bits per heavy atom. The zero-order valence-corrected chi connectivity index (χ0v) is 13.8. The van der Waals surface area contributed by atoms with Gasteiger partial charge in [-0.25, -0.2) is 0 Å². The van der Waals surface area contributed by atoms with Crippen molar-refractivity contribution in [1.29, 1.82) is 0 Å². The third kappa shape index (κ3) is 2.99. The lowest BCUT2D eigenvalue weighted by Crippen LogP contribution is -2.19. The minimum atomic E-state index is 0.214. The summed E-state index contributed by atoms with van der Waals surface area (Å²) >= 11 is 3.66. The van der Waals surface area contributed by atoms with E-state index in [-0.39, 0.29) is 5.41 Å². The van der Waals surface area contributed by atoms with Crippen molar-refractivity contribution in [2.45, 2.75) is 31.8 Å². The molecule has 0 aliphatic heterocycles. The summed E-state index contributed by atoms with van der Waals surface area (Å²) in [5, 5.41) is 0. The number of benzene rings is 2. The highest BCUT2D eigenvalue weighted by Crippen LogP contribution is 2.49. The average molecular weight is 346 g/mol. The molecule has 0 saturated heterocycles. The van der Waals surface area contributed by atoms with Crippen LogP contribution in [-0.4, -0.2) is 6.54 Å². The van der Waals surface area contributed by atoms with Gasteiger partial charge in [-0.15, -0.1) is 0 Å². The van der Waals surface area contributed by atoms with Gasteiger partial charge < -0.3 is 10.5 Å². The zero-order chi connectivity index (χ0) is 14.9. The van der Waals surface area contributed by atoms with E-state index < -0.39 is 0 Å². The molecule has 0 bridgehead atoms. The first kappa shape index (κ1) is 14.6. The van der Waals surface area contributed by atoms with Crippen molar-refractivity contribution >= 4 is 15.9 Å². The Balaban J connectivity index is 1.80. The van der Waals surface area contributed by atoms with Gasteiger partial charge in [0.1, 0.15) is 12.4 Å². The molecular formula is C18H20BrNO. The summed E-state index contributed by atoms with van der Waals surface area (Å²) in [6.45, 7) is 3.41. The Morgan fingerprint density at radius 2 is 1.90 bits per heavy atom. The summed E-state index contributed by atoms with van der Waals surface area (Å²) in [4.78, 5) is 0. The molecule has 2 aromatic carbocycles. The Hall–Kier alpha value is -1.32. The lowest BCUT2D eigenvalue weighted by atomic mass is 9.94. The molecule has 0 spiro atoms. The first-order valence-corrected chi connectivity index (χ1v) is 8.11. The van der Waals surface area contributed by atoms with Crippen LogP contribution in [-0.2, 0) is 12.0 Å². The highest BCUT2D eigenvalue weighted by Gasteiger charge is 2.43. The van der Waals surface area contributed by atoms with E-state index in [2.05, 4.69) is 47.1 Å². The summed E-state index contributed by atoms with van der Waals surface area (Å²) in [6, 6.07) is 14.6. The first-order valence-electron chi connectivity index (χ1n) is 7.32. The molecule has 0 unspecified atom stereocenters. The fourth-order valence-electron chi connectivity index (χ4n) is 2.71. The summed E-state index contributed by atoms with van der Waals surface area (Å²) in [7, 11) is 0. The van der Waals surface area contributed by atoms with E-state index in [0.717, 1.165) is 22.3 Å². The number of halogens is 1. The Kier molecular flexibility index (Phi) is 4.05. The van der Waals surface area contributed by atoms with Crippen LogP contribution in [0.1, 0.15) is 29.5 Å². The van der Waals surface area contributed by atoms with Crippen LogP contribution in [0.4, 0.5) is 0 Å². The Bertz CT molecular complexity index is 612. The van der Waals surface area contributed by atoms with Gasteiger partial charge in [-0.1, -0.05) is 36.4 Å². The van der Waals surface area contributed by atoms with Crippen molar-refractivity contribution in [2.75, 3.05) is 6.54 Å². The van der Waals surface area contributed by atoms with E-state index in [1.165, 1.54) is 24.0 Å². The van der Waals surface area contributed by atoms with Crippen LogP contribution in [0.25, 0.3) is 0 Å².